The van der Waals surface area contributed by atoms with Crippen molar-refractivity contribution in [3.05, 3.63) is 35.0 Å². The molecule has 1 unspecified atom stereocenters. The predicted octanol–water partition coefficient (Wildman–Crippen LogP) is 3.75. The fourth-order valence-electron chi connectivity index (χ4n) is 3.96. The first-order valence-electron chi connectivity index (χ1n) is 9.93. The minimum atomic E-state index is -0.152. The average Bonchev–Trinajstić information content (AvgIpc) is 3.32. The van der Waals surface area contributed by atoms with Gasteiger partial charge in [0.05, 0.1) is 12.6 Å². The third kappa shape index (κ3) is 3.83. The first-order valence-corrected chi connectivity index (χ1v) is 10.3. The SMILES string of the molecule is CN(C(=O)NCc1cc2cc(Cl)ccc2[nH]1)C1CCCN(C(=O)C2(C)CC2)C1. The molecule has 0 bridgehead atoms. The van der Waals surface area contributed by atoms with Crippen LogP contribution in [-0.4, -0.2) is 52.9 Å². The van der Waals surface area contributed by atoms with Gasteiger partial charge >= 0.3 is 6.03 Å². The molecule has 1 saturated carbocycles. The van der Waals surface area contributed by atoms with Crippen molar-refractivity contribution < 1.29 is 9.59 Å². The van der Waals surface area contributed by atoms with Gasteiger partial charge in [-0.25, -0.2) is 4.79 Å². The van der Waals surface area contributed by atoms with Crippen LogP contribution in [0.25, 0.3) is 10.9 Å². The summed E-state index contributed by atoms with van der Waals surface area (Å²) in [5.74, 6) is 0.253. The van der Waals surface area contributed by atoms with Crippen molar-refractivity contribution in [3.8, 4) is 0 Å². The van der Waals surface area contributed by atoms with Crippen molar-refractivity contribution in [2.75, 3.05) is 20.1 Å². The van der Waals surface area contributed by atoms with E-state index in [9.17, 15) is 9.59 Å². The Hall–Kier alpha value is -2.21. The number of likely N-dealkylation sites (tertiary alicyclic amines) is 1. The molecule has 2 N–H and O–H groups in total. The lowest BCUT2D eigenvalue weighted by Crippen LogP contribution is -2.53. The van der Waals surface area contributed by atoms with E-state index in [1.54, 1.807) is 4.90 Å². The van der Waals surface area contributed by atoms with Crippen LogP contribution in [0.1, 0.15) is 38.3 Å². The summed E-state index contributed by atoms with van der Waals surface area (Å²) in [6, 6.07) is 7.62. The standard InChI is InChI=1S/C21H27ClN4O2/c1-21(7-8-21)19(27)26-9-3-4-17(13-26)25(2)20(28)23-12-16-11-14-10-15(22)5-6-18(14)24-16/h5-6,10-11,17,24H,3-4,7-9,12-13H2,1-2H3,(H,23,28). The Labute approximate surface area is 170 Å². The van der Waals surface area contributed by atoms with E-state index < -0.39 is 0 Å². The molecule has 3 amide bonds. The molecule has 1 atom stereocenters. The van der Waals surface area contributed by atoms with Crippen LogP contribution in [-0.2, 0) is 11.3 Å². The van der Waals surface area contributed by atoms with Gasteiger partial charge in [0.1, 0.15) is 0 Å². The summed E-state index contributed by atoms with van der Waals surface area (Å²) < 4.78 is 0. The third-order valence-corrected chi connectivity index (χ3v) is 6.37. The van der Waals surface area contributed by atoms with Crippen LogP contribution in [0.5, 0.6) is 0 Å². The summed E-state index contributed by atoms with van der Waals surface area (Å²) in [6.45, 7) is 3.90. The predicted molar refractivity (Wildman–Crippen MR) is 110 cm³/mol. The molecule has 1 saturated heterocycles. The molecule has 2 aromatic rings. The number of hydrogen-bond donors (Lipinski definition) is 2. The van der Waals surface area contributed by atoms with E-state index in [4.69, 9.17) is 11.6 Å². The number of carbonyl (C=O) groups excluding carboxylic acids is 2. The van der Waals surface area contributed by atoms with Crippen molar-refractivity contribution in [3.63, 3.8) is 0 Å². The second-order valence-corrected chi connectivity index (χ2v) is 8.84. The molecule has 1 aliphatic carbocycles. The second-order valence-electron chi connectivity index (χ2n) is 8.40. The van der Waals surface area contributed by atoms with Gasteiger partial charge in [-0.05, 0) is 49.9 Å². The van der Waals surface area contributed by atoms with Gasteiger partial charge in [-0.3, -0.25) is 4.79 Å². The quantitative estimate of drug-likeness (QED) is 0.817. The zero-order chi connectivity index (χ0) is 19.9. The number of aromatic nitrogens is 1. The Balaban J connectivity index is 1.34. The molecule has 1 aromatic carbocycles. The van der Waals surface area contributed by atoms with Gasteiger partial charge in [0.15, 0.2) is 0 Å². The summed E-state index contributed by atoms with van der Waals surface area (Å²) in [5.41, 5.74) is 1.78. The van der Waals surface area contributed by atoms with Crippen molar-refractivity contribution in [1.82, 2.24) is 20.1 Å². The largest absolute Gasteiger partial charge is 0.357 e. The molecule has 6 nitrogen and oxygen atoms in total. The number of piperidine rings is 1. The number of urea groups is 1. The van der Waals surface area contributed by atoms with Gasteiger partial charge in [-0.15, -0.1) is 0 Å². The topological polar surface area (TPSA) is 68.4 Å². The maximum absolute atomic E-state index is 12.6. The highest BCUT2D eigenvalue weighted by Gasteiger charge is 2.47. The maximum atomic E-state index is 12.6. The summed E-state index contributed by atoms with van der Waals surface area (Å²) in [6.07, 6.45) is 3.83. The minimum Gasteiger partial charge on any atom is -0.357 e. The fraction of sp³-hybridized carbons (Fsp3) is 0.524. The van der Waals surface area contributed by atoms with Crippen LogP contribution < -0.4 is 5.32 Å². The number of rotatable bonds is 4. The number of nitrogens with zero attached hydrogens (tertiary/aromatic N) is 2. The zero-order valence-electron chi connectivity index (χ0n) is 16.4. The molecular weight excluding hydrogens is 376 g/mol. The van der Waals surface area contributed by atoms with Gasteiger partial charge in [-0.2, -0.15) is 0 Å². The van der Waals surface area contributed by atoms with Crippen molar-refractivity contribution in [2.24, 2.45) is 5.41 Å². The van der Waals surface area contributed by atoms with Crippen molar-refractivity contribution in [1.29, 1.82) is 0 Å². The van der Waals surface area contributed by atoms with Crippen LogP contribution in [0.15, 0.2) is 24.3 Å². The number of aromatic amines is 1. The average molecular weight is 403 g/mol. The monoisotopic (exact) mass is 402 g/mol. The normalized spacial score (nSPS) is 20.8. The Morgan fingerprint density at radius 3 is 2.89 bits per heavy atom. The molecule has 1 aliphatic heterocycles. The van der Waals surface area contributed by atoms with Crippen molar-refractivity contribution in [2.45, 2.75) is 45.2 Å². The lowest BCUT2D eigenvalue weighted by molar-refractivity contribution is -0.138. The number of amides is 3. The second kappa shape index (κ2) is 7.32. The van der Waals surface area contributed by atoms with E-state index in [0.29, 0.717) is 18.1 Å². The Morgan fingerprint density at radius 1 is 1.36 bits per heavy atom. The smallest absolute Gasteiger partial charge is 0.317 e. The van der Waals surface area contributed by atoms with Crippen LogP contribution in [0, 0.1) is 5.41 Å². The first-order chi connectivity index (χ1) is 13.4. The van der Waals surface area contributed by atoms with Crippen LogP contribution >= 0.6 is 11.6 Å². The molecule has 2 heterocycles. The summed E-state index contributed by atoms with van der Waals surface area (Å²) >= 11 is 6.03. The highest BCUT2D eigenvalue weighted by molar-refractivity contribution is 6.31. The molecule has 0 spiro atoms. The number of halogens is 1. The molecule has 2 fully saturated rings. The molecule has 0 radical (unpaired) electrons. The van der Waals surface area contributed by atoms with Gasteiger partial charge in [0, 0.05) is 47.2 Å². The maximum Gasteiger partial charge on any atom is 0.317 e. The lowest BCUT2D eigenvalue weighted by Gasteiger charge is -2.38. The molecular formula is C21H27ClN4O2. The van der Waals surface area contributed by atoms with Crippen LogP contribution in [0.2, 0.25) is 5.02 Å². The summed E-state index contributed by atoms with van der Waals surface area (Å²) in [7, 11) is 1.82. The van der Waals surface area contributed by atoms with E-state index in [-0.39, 0.29) is 23.4 Å². The number of nitrogens with one attached hydrogen (secondary N) is 2. The summed E-state index contributed by atoms with van der Waals surface area (Å²) in [4.78, 5) is 32.3. The van der Waals surface area contributed by atoms with Crippen LogP contribution in [0.4, 0.5) is 4.79 Å². The Morgan fingerprint density at radius 2 is 2.14 bits per heavy atom. The Kier molecular flexibility index (Phi) is 5.00. The summed E-state index contributed by atoms with van der Waals surface area (Å²) in [5, 5.41) is 4.70. The molecule has 1 aromatic heterocycles. The van der Waals surface area contributed by atoms with Gasteiger partial charge < -0.3 is 20.1 Å². The minimum absolute atomic E-state index is 0.0570. The van der Waals surface area contributed by atoms with E-state index in [2.05, 4.69) is 10.3 Å². The number of H-pyrrole nitrogens is 1. The van der Waals surface area contributed by atoms with Crippen LogP contribution in [0.3, 0.4) is 0 Å². The number of benzene rings is 1. The number of likely N-dealkylation sites (N-methyl/N-ethyl adjacent to an activating group) is 1. The van der Waals surface area contributed by atoms with E-state index in [1.807, 2.05) is 43.1 Å². The highest BCUT2D eigenvalue weighted by Crippen LogP contribution is 2.46. The number of fused-ring (bicyclic) bond motifs is 1. The van der Waals surface area contributed by atoms with Crippen molar-refractivity contribution >= 4 is 34.4 Å². The third-order valence-electron chi connectivity index (χ3n) is 6.14. The van der Waals surface area contributed by atoms with Gasteiger partial charge in [0.2, 0.25) is 5.91 Å². The van der Waals surface area contributed by atoms with E-state index >= 15 is 0 Å². The first kappa shape index (κ1) is 19.1. The van der Waals surface area contributed by atoms with Gasteiger partial charge in [-0.1, -0.05) is 18.5 Å². The highest BCUT2D eigenvalue weighted by atomic mass is 35.5. The van der Waals surface area contributed by atoms with E-state index in [1.165, 1.54) is 0 Å². The molecule has 7 heteroatoms. The zero-order valence-corrected chi connectivity index (χ0v) is 17.2. The molecule has 150 valence electrons. The number of hydrogen-bond acceptors (Lipinski definition) is 2. The number of carbonyl (C=O) groups is 2. The van der Waals surface area contributed by atoms with E-state index in [0.717, 1.165) is 48.8 Å². The molecule has 4 rings (SSSR count). The fourth-order valence-corrected chi connectivity index (χ4v) is 4.14. The Bertz CT molecular complexity index is 905. The lowest BCUT2D eigenvalue weighted by atomic mass is 10.0. The van der Waals surface area contributed by atoms with Gasteiger partial charge in [0.25, 0.3) is 0 Å². The molecule has 2 aliphatic rings. The molecule has 28 heavy (non-hydrogen) atoms.